The Hall–Kier alpha value is -3.50. The van der Waals surface area contributed by atoms with Crippen LogP contribution in [0.15, 0.2) is 41.2 Å². The zero-order valence-electron chi connectivity index (χ0n) is 16.5. The first-order valence-electron chi connectivity index (χ1n) is 9.82. The van der Waals surface area contributed by atoms with Gasteiger partial charge in [-0.2, -0.15) is 18.2 Å². The Labute approximate surface area is 174 Å². The van der Waals surface area contributed by atoms with E-state index in [0.29, 0.717) is 29.7 Å². The minimum atomic E-state index is -4.42. The van der Waals surface area contributed by atoms with Crippen LogP contribution in [-0.4, -0.2) is 42.8 Å². The van der Waals surface area contributed by atoms with Crippen molar-refractivity contribution in [3.05, 3.63) is 53.9 Å². The molecule has 0 saturated carbocycles. The fourth-order valence-electron chi connectivity index (χ4n) is 3.89. The van der Waals surface area contributed by atoms with E-state index >= 15 is 0 Å². The summed E-state index contributed by atoms with van der Waals surface area (Å²) in [6.07, 6.45) is -0.0255. The summed E-state index contributed by atoms with van der Waals surface area (Å²) in [6.45, 7) is 3.09. The molecular formula is C20H18F3N7O. The lowest BCUT2D eigenvalue weighted by Gasteiger charge is -2.33. The number of aromatic nitrogens is 6. The normalized spacial score (nSPS) is 17.4. The van der Waals surface area contributed by atoms with E-state index in [0.717, 1.165) is 43.0 Å². The van der Waals surface area contributed by atoms with Crippen molar-refractivity contribution in [2.45, 2.75) is 31.9 Å². The third-order valence-corrected chi connectivity index (χ3v) is 5.39. The van der Waals surface area contributed by atoms with Crippen molar-refractivity contribution in [2.24, 2.45) is 0 Å². The molecule has 4 aromatic heterocycles. The molecule has 1 unspecified atom stereocenters. The number of hydrogen-bond donors (Lipinski definition) is 0. The van der Waals surface area contributed by atoms with Gasteiger partial charge in [0, 0.05) is 37.0 Å². The maximum absolute atomic E-state index is 13.2. The van der Waals surface area contributed by atoms with Gasteiger partial charge in [0.1, 0.15) is 11.6 Å². The molecule has 1 fully saturated rings. The van der Waals surface area contributed by atoms with E-state index in [2.05, 4.69) is 30.2 Å². The number of aryl methyl sites for hydroxylation is 1. The van der Waals surface area contributed by atoms with E-state index in [1.54, 1.807) is 19.2 Å². The first-order chi connectivity index (χ1) is 14.9. The Morgan fingerprint density at radius 3 is 2.81 bits per heavy atom. The van der Waals surface area contributed by atoms with Gasteiger partial charge in [-0.15, -0.1) is 10.2 Å². The van der Waals surface area contributed by atoms with Crippen LogP contribution in [0.25, 0.3) is 17.1 Å². The third kappa shape index (κ3) is 3.71. The van der Waals surface area contributed by atoms with Crippen molar-refractivity contribution in [1.82, 2.24) is 29.7 Å². The van der Waals surface area contributed by atoms with Crippen molar-refractivity contribution >= 4 is 11.5 Å². The second-order valence-electron chi connectivity index (χ2n) is 7.54. The highest BCUT2D eigenvalue weighted by Gasteiger charge is 2.32. The maximum Gasteiger partial charge on any atom is 0.417 e. The summed E-state index contributed by atoms with van der Waals surface area (Å²) < 4.78 is 46.2. The summed E-state index contributed by atoms with van der Waals surface area (Å²) in [5.41, 5.74) is 0.431. The van der Waals surface area contributed by atoms with E-state index in [9.17, 15) is 13.2 Å². The Bertz CT molecular complexity index is 1230. The molecule has 0 amide bonds. The summed E-state index contributed by atoms with van der Waals surface area (Å²) in [7, 11) is 0. The number of piperidine rings is 1. The number of fused-ring (bicyclic) bond motifs is 1. The number of hydrogen-bond acceptors (Lipinski definition) is 7. The van der Waals surface area contributed by atoms with E-state index in [1.165, 1.54) is 10.5 Å². The van der Waals surface area contributed by atoms with Gasteiger partial charge < -0.3 is 9.42 Å². The van der Waals surface area contributed by atoms with Crippen LogP contribution in [0, 0.1) is 6.92 Å². The van der Waals surface area contributed by atoms with Gasteiger partial charge in [-0.1, -0.05) is 5.16 Å². The first kappa shape index (κ1) is 19.5. The van der Waals surface area contributed by atoms with E-state index in [4.69, 9.17) is 4.52 Å². The highest BCUT2D eigenvalue weighted by Crippen LogP contribution is 2.32. The second-order valence-corrected chi connectivity index (χ2v) is 7.54. The first-order valence-corrected chi connectivity index (χ1v) is 9.82. The molecular weight excluding hydrogens is 411 g/mol. The van der Waals surface area contributed by atoms with Crippen molar-refractivity contribution in [3.63, 3.8) is 0 Å². The summed E-state index contributed by atoms with van der Waals surface area (Å²) in [6, 6.07) is 6.04. The number of anilines is 1. The lowest BCUT2D eigenvalue weighted by atomic mass is 9.97. The summed E-state index contributed by atoms with van der Waals surface area (Å²) in [5.74, 6) is 2.14. The molecule has 11 heteroatoms. The molecule has 5 heterocycles. The van der Waals surface area contributed by atoms with Gasteiger partial charge in [0.2, 0.25) is 0 Å². The lowest BCUT2D eigenvalue weighted by Crippen LogP contribution is -2.35. The van der Waals surface area contributed by atoms with Crippen LogP contribution >= 0.6 is 0 Å². The predicted octanol–water partition coefficient (Wildman–Crippen LogP) is 3.89. The van der Waals surface area contributed by atoms with Crippen LogP contribution in [0.2, 0.25) is 0 Å². The van der Waals surface area contributed by atoms with Crippen molar-refractivity contribution in [2.75, 3.05) is 18.0 Å². The Morgan fingerprint density at radius 2 is 2.03 bits per heavy atom. The van der Waals surface area contributed by atoms with Crippen LogP contribution < -0.4 is 4.90 Å². The second kappa shape index (κ2) is 7.33. The molecule has 1 saturated heterocycles. The van der Waals surface area contributed by atoms with Gasteiger partial charge >= 0.3 is 6.18 Å². The third-order valence-electron chi connectivity index (χ3n) is 5.39. The largest absolute Gasteiger partial charge is 0.417 e. The molecule has 0 aliphatic carbocycles. The van der Waals surface area contributed by atoms with Crippen LogP contribution in [0.3, 0.4) is 0 Å². The van der Waals surface area contributed by atoms with Crippen molar-refractivity contribution in [3.8, 4) is 11.5 Å². The monoisotopic (exact) mass is 429 g/mol. The van der Waals surface area contributed by atoms with Gasteiger partial charge in [-0.05, 0) is 44.0 Å². The SMILES string of the molecule is Cc1noc(-c2ccnc(N3CCCC(c4nnc5ccc(C(F)(F)F)cn45)C3)c2)n1. The Morgan fingerprint density at radius 1 is 1.16 bits per heavy atom. The minimum Gasteiger partial charge on any atom is -0.356 e. The van der Waals surface area contributed by atoms with Gasteiger partial charge in [0.05, 0.1) is 5.56 Å². The number of nitrogens with zero attached hydrogens (tertiary/aromatic N) is 7. The van der Waals surface area contributed by atoms with Crippen LogP contribution in [-0.2, 0) is 6.18 Å². The number of pyridine rings is 2. The Kier molecular flexibility index (Phi) is 4.60. The standard InChI is InChI=1S/C20H18F3N7O/c1-12-25-19(31-28-12)13-6-7-24-17(9-13)29-8-2-3-14(10-29)18-27-26-16-5-4-15(11-30(16)18)20(21,22)23/h4-7,9,11,14H,2-3,8,10H2,1H3. The molecule has 31 heavy (non-hydrogen) atoms. The smallest absolute Gasteiger partial charge is 0.356 e. The molecule has 0 bridgehead atoms. The topological polar surface area (TPSA) is 85.2 Å². The molecule has 160 valence electrons. The highest BCUT2D eigenvalue weighted by molar-refractivity contribution is 5.59. The quantitative estimate of drug-likeness (QED) is 0.488. The molecule has 1 atom stereocenters. The summed E-state index contributed by atoms with van der Waals surface area (Å²) in [4.78, 5) is 10.8. The zero-order chi connectivity index (χ0) is 21.6. The fourth-order valence-corrected chi connectivity index (χ4v) is 3.89. The molecule has 0 N–H and O–H groups in total. The molecule has 0 spiro atoms. The molecule has 4 aromatic rings. The van der Waals surface area contributed by atoms with E-state index < -0.39 is 11.7 Å². The number of rotatable bonds is 3. The van der Waals surface area contributed by atoms with Crippen LogP contribution in [0.4, 0.5) is 19.0 Å². The predicted molar refractivity (Wildman–Crippen MR) is 104 cm³/mol. The summed E-state index contributed by atoms with van der Waals surface area (Å²) in [5, 5.41) is 12.1. The number of alkyl halides is 3. The summed E-state index contributed by atoms with van der Waals surface area (Å²) >= 11 is 0. The van der Waals surface area contributed by atoms with Crippen molar-refractivity contribution < 1.29 is 17.7 Å². The fraction of sp³-hybridized carbons (Fsp3) is 0.350. The van der Waals surface area contributed by atoms with E-state index in [1.807, 2.05) is 6.07 Å². The maximum atomic E-state index is 13.2. The van der Waals surface area contributed by atoms with E-state index in [-0.39, 0.29) is 5.92 Å². The lowest BCUT2D eigenvalue weighted by molar-refractivity contribution is -0.137. The highest BCUT2D eigenvalue weighted by atomic mass is 19.4. The average Bonchev–Trinajstić information content (AvgIpc) is 3.39. The van der Waals surface area contributed by atoms with Crippen LogP contribution in [0.5, 0.6) is 0 Å². The van der Waals surface area contributed by atoms with Gasteiger partial charge in [0.25, 0.3) is 5.89 Å². The molecule has 0 aromatic carbocycles. The van der Waals surface area contributed by atoms with Crippen LogP contribution in [0.1, 0.15) is 36.0 Å². The molecule has 8 nitrogen and oxygen atoms in total. The Balaban J connectivity index is 1.44. The molecule has 1 aliphatic heterocycles. The molecule has 1 aliphatic rings. The molecule has 5 rings (SSSR count). The average molecular weight is 429 g/mol. The van der Waals surface area contributed by atoms with Crippen molar-refractivity contribution in [1.29, 1.82) is 0 Å². The number of halogens is 3. The molecule has 0 radical (unpaired) electrons. The van der Waals surface area contributed by atoms with Gasteiger partial charge in [-0.3, -0.25) is 4.40 Å². The van der Waals surface area contributed by atoms with Gasteiger partial charge in [-0.25, -0.2) is 4.98 Å². The van der Waals surface area contributed by atoms with Gasteiger partial charge in [0.15, 0.2) is 11.5 Å². The zero-order valence-corrected chi connectivity index (χ0v) is 16.5. The minimum absolute atomic E-state index is 0.0802.